The van der Waals surface area contributed by atoms with Gasteiger partial charge in [0.2, 0.25) is 0 Å². The Morgan fingerprint density at radius 3 is 2.08 bits per heavy atom. The van der Waals surface area contributed by atoms with E-state index < -0.39 is 11.6 Å². The molecule has 1 atom stereocenters. The van der Waals surface area contributed by atoms with Crippen molar-refractivity contribution in [2.24, 2.45) is 10.8 Å². The number of hydrogen-bond donors (Lipinski definition) is 0. The standard InChI is InChI=1S/C22H35BrF2O/c1-7-8-9-10-11-12-13-20(22(5,6)21(2,3)4)26-19-15-17(24)16(23)14-18(19)25/h14-15,20H,7-13H2,1-6H3. The molecule has 0 spiro atoms. The van der Waals surface area contributed by atoms with E-state index in [4.69, 9.17) is 4.74 Å². The fourth-order valence-electron chi connectivity index (χ4n) is 2.91. The van der Waals surface area contributed by atoms with Gasteiger partial charge in [0.1, 0.15) is 11.9 Å². The lowest BCUT2D eigenvalue weighted by Crippen LogP contribution is -2.44. The first-order chi connectivity index (χ1) is 12.0. The van der Waals surface area contributed by atoms with Crippen LogP contribution in [0.15, 0.2) is 16.6 Å². The number of rotatable bonds is 10. The van der Waals surface area contributed by atoms with Crippen molar-refractivity contribution in [1.29, 1.82) is 0 Å². The maximum Gasteiger partial charge on any atom is 0.166 e. The quantitative estimate of drug-likeness (QED) is 0.266. The normalized spacial score (nSPS) is 13.7. The minimum Gasteiger partial charge on any atom is -0.487 e. The monoisotopic (exact) mass is 432 g/mol. The summed E-state index contributed by atoms with van der Waals surface area (Å²) in [6.07, 6.45) is 7.84. The molecule has 0 aliphatic rings. The van der Waals surface area contributed by atoms with Gasteiger partial charge in [-0.05, 0) is 40.3 Å². The second-order valence-corrected chi connectivity index (χ2v) is 9.69. The number of benzene rings is 1. The highest BCUT2D eigenvalue weighted by atomic mass is 79.9. The van der Waals surface area contributed by atoms with Crippen LogP contribution in [0.2, 0.25) is 0 Å². The molecule has 1 aromatic carbocycles. The van der Waals surface area contributed by atoms with E-state index in [0.29, 0.717) is 0 Å². The maximum absolute atomic E-state index is 14.3. The Morgan fingerprint density at radius 1 is 0.923 bits per heavy atom. The average Bonchev–Trinajstić information content (AvgIpc) is 2.53. The van der Waals surface area contributed by atoms with Gasteiger partial charge in [0.05, 0.1) is 4.47 Å². The van der Waals surface area contributed by atoms with Crippen LogP contribution < -0.4 is 4.74 Å². The van der Waals surface area contributed by atoms with Crippen molar-refractivity contribution in [1.82, 2.24) is 0 Å². The van der Waals surface area contributed by atoms with Crippen molar-refractivity contribution in [3.63, 3.8) is 0 Å². The highest BCUT2D eigenvalue weighted by Crippen LogP contribution is 2.44. The first kappa shape index (κ1) is 23.4. The van der Waals surface area contributed by atoms with Crippen molar-refractivity contribution < 1.29 is 13.5 Å². The number of halogens is 3. The maximum atomic E-state index is 14.3. The fourth-order valence-corrected chi connectivity index (χ4v) is 3.22. The molecule has 0 aliphatic carbocycles. The highest BCUT2D eigenvalue weighted by molar-refractivity contribution is 9.10. The minimum atomic E-state index is -0.532. The lowest BCUT2D eigenvalue weighted by molar-refractivity contribution is -0.0186. The molecule has 0 saturated carbocycles. The predicted octanol–water partition coefficient (Wildman–Crippen LogP) is 8.30. The summed E-state index contributed by atoms with van der Waals surface area (Å²) in [4.78, 5) is 0. The van der Waals surface area contributed by atoms with Crippen LogP contribution in [0.3, 0.4) is 0 Å². The topological polar surface area (TPSA) is 9.23 Å². The van der Waals surface area contributed by atoms with Gasteiger partial charge < -0.3 is 4.74 Å². The van der Waals surface area contributed by atoms with Gasteiger partial charge in [-0.2, -0.15) is 0 Å². The molecule has 1 aromatic rings. The number of hydrogen-bond acceptors (Lipinski definition) is 1. The molecule has 0 aromatic heterocycles. The molecule has 1 rings (SSSR count). The number of ether oxygens (including phenoxy) is 1. The SMILES string of the molecule is CCCCCCCCC(Oc1cc(F)c(Br)cc1F)C(C)(C)C(C)(C)C. The Hall–Kier alpha value is -0.640. The van der Waals surface area contributed by atoms with Gasteiger partial charge in [-0.25, -0.2) is 8.78 Å². The lowest BCUT2D eigenvalue weighted by atomic mass is 9.65. The Labute approximate surface area is 167 Å². The van der Waals surface area contributed by atoms with Crippen LogP contribution >= 0.6 is 15.9 Å². The van der Waals surface area contributed by atoms with Crippen LogP contribution in [-0.2, 0) is 0 Å². The summed E-state index contributed by atoms with van der Waals surface area (Å²) in [5.41, 5.74) is -0.212. The second kappa shape index (κ2) is 10.1. The molecule has 0 heterocycles. The predicted molar refractivity (Wildman–Crippen MR) is 110 cm³/mol. The molecular weight excluding hydrogens is 398 g/mol. The summed E-state index contributed by atoms with van der Waals surface area (Å²) in [6, 6.07) is 2.28. The van der Waals surface area contributed by atoms with Crippen molar-refractivity contribution in [3.05, 3.63) is 28.2 Å². The Kier molecular flexibility index (Phi) is 9.05. The third-order valence-electron chi connectivity index (χ3n) is 5.80. The van der Waals surface area contributed by atoms with Crippen LogP contribution in [0.5, 0.6) is 5.75 Å². The van der Waals surface area contributed by atoms with Gasteiger partial charge in [0.25, 0.3) is 0 Å². The Bertz CT molecular complexity index is 564. The van der Waals surface area contributed by atoms with Crippen LogP contribution in [0.25, 0.3) is 0 Å². The van der Waals surface area contributed by atoms with Crippen LogP contribution in [0.1, 0.15) is 86.5 Å². The van der Waals surface area contributed by atoms with E-state index in [1.807, 2.05) is 0 Å². The molecule has 0 amide bonds. The highest BCUT2D eigenvalue weighted by Gasteiger charge is 2.41. The molecule has 0 saturated heterocycles. The molecule has 4 heteroatoms. The first-order valence-electron chi connectivity index (χ1n) is 9.82. The largest absolute Gasteiger partial charge is 0.487 e. The van der Waals surface area contributed by atoms with Crippen molar-refractivity contribution in [2.45, 2.75) is 92.6 Å². The van der Waals surface area contributed by atoms with E-state index in [9.17, 15) is 8.78 Å². The van der Waals surface area contributed by atoms with Crippen molar-refractivity contribution in [2.75, 3.05) is 0 Å². The first-order valence-corrected chi connectivity index (χ1v) is 10.6. The van der Waals surface area contributed by atoms with Crippen molar-refractivity contribution in [3.8, 4) is 5.75 Å². The summed E-state index contributed by atoms with van der Waals surface area (Å²) in [6.45, 7) is 13.0. The molecule has 1 unspecified atom stereocenters. The Morgan fingerprint density at radius 2 is 1.50 bits per heavy atom. The average molecular weight is 433 g/mol. The van der Waals surface area contributed by atoms with Gasteiger partial charge in [0, 0.05) is 11.5 Å². The molecule has 0 radical (unpaired) electrons. The summed E-state index contributed by atoms with van der Waals surface area (Å²) < 4.78 is 34.3. The molecule has 150 valence electrons. The van der Waals surface area contributed by atoms with Crippen LogP contribution in [0, 0.1) is 22.5 Å². The smallest absolute Gasteiger partial charge is 0.166 e. The Balaban J connectivity index is 2.89. The minimum absolute atomic E-state index is 0.000919. The zero-order valence-electron chi connectivity index (χ0n) is 17.2. The molecule has 0 aliphatic heterocycles. The number of unbranched alkanes of at least 4 members (excludes halogenated alkanes) is 5. The summed E-state index contributed by atoms with van der Waals surface area (Å²) in [5, 5.41) is 0. The summed E-state index contributed by atoms with van der Waals surface area (Å²) in [5.74, 6) is -1.04. The fraction of sp³-hybridized carbons (Fsp3) is 0.727. The van der Waals surface area contributed by atoms with Crippen LogP contribution in [-0.4, -0.2) is 6.10 Å². The molecule has 26 heavy (non-hydrogen) atoms. The van der Waals surface area contributed by atoms with E-state index in [0.717, 1.165) is 31.4 Å². The molecule has 0 fully saturated rings. The van der Waals surface area contributed by atoms with Gasteiger partial charge in [-0.3, -0.25) is 0 Å². The van der Waals surface area contributed by atoms with Gasteiger partial charge in [0.15, 0.2) is 11.6 Å². The molecular formula is C22H35BrF2O. The lowest BCUT2D eigenvalue weighted by Gasteiger charge is -2.45. The van der Waals surface area contributed by atoms with Gasteiger partial charge in [-0.1, -0.05) is 73.6 Å². The molecule has 1 nitrogen and oxygen atoms in total. The van der Waals surface area contributed by atoms with E-state index in [1.54, 1.807) is 0 Å². The second-order valence-electron chi connectivity index (χ2n) is 8.83. The third-order valence-corrected chi connectivity index (χ3v) is 6.41. The zero-order chi connectivity index (χ0) is 20.0. The van der Waals surface area contributed by atoms with E-state index in [2.05, 4.69) is 57.5 Å². The van der Waals surface area contributed by atoms with E-state index >= 15 is 0 Å². The van der Waals surface area contributed by atoms with Crippen LogP contribution in [0.4, 0.5) is 8.78 Å². The van der Waals surface area contributed by atoms with Gasteiger partial charge >= 0.3 is 0 Å². The molecule has 0 bridgehead atoms. The van der Waals surface area contributed by atoms with E-state index in [-0.39, 0.29) is 27.2 Å². The van der Waals surface area contributed by atoms with E-state index in [1.165, 1.54) is 25.7 Å². The summed E-state index contributed by atoms with van der Waals surface area (Å²) >= 11 is 3.02. The van der Waals surface area contributed by atoms with Crippen molar-refractivity contribution >= 4 is 15.9 Å². The van der Waals surface area contributed by atoms with Gasteiger partial charge in [-0.15, -0.1) is 0 Å². The zero-order valence-corrected chi connectivity index (χ0v) is 18.8. The summed E-state index contributed by atoms with van der Waals surface area (Å²) in [7, 11) is 0. The molecule has 0 N–H and O–H groups in total. The third kappa shape index (κ3) is 6.51.